The first-order valence-corrected chi connectivity index (χ1v) is 4.76. The summed E-state index contributed by atoms with van der Waals surface area (Å²) in [6, 6.07) is 9.52. The highest BCUT2D eigenvalue weighted by Gasteiger charge is 2.34. The summed E-state index contributed by atoms with van der Waals surface area (Å²) in [5.41, 5.74) is 1.02. The molecule has 0 aromatic heterocycles. The molecular weight excluding hydrogens is 194 g/mol. The molecule has 1 fully saturated rings. The van der Waals surface area contributed by atoms with E-state index in [4.69, 9.17) is 5.11 Å². The molecule has 0 spiro atoms. The Kier molecular flexibility index (Phi) is 2.41. The second-order valence-corrected chi connectivity index (χ2v) is 3.60. The third-order valence-electron chi connectivity index (χ3n) is 2.63. The van der Waals surface area contributed by atoms with Gasteiger partial charge in [-0.3, -0.25) is 4.79 Å². The molecule has 1 aliphatic rings. The van der Waals surface area contributed by atoms with Gasteiger partial charge in [0.1, 0.15) is 0 Å². The van der Waals surface area contributed by atoms with Crippen LogP contribution in [0.5, 0.6) is 0 Å². The largest absolute Gasteiger partial charge is 0.465 e. The molecule has 1 atom stereocenters. The van der Waals surface area contributed by atoms with Gasteiger partial charge >= 0.3 is 6.09 Å². The molecule has 15 heavy (non-hydrogen) atoms. The number of carbonyl (C=O) groups is 2. The SMILES string of the molecule is O=C(O)N1CC(c2ccccc2)CC1=O. The van der Waals surface area contributed by atoms with Crippen molar-refractivity contribution in [3.05, 3.63) is 35.9 Å². The predicted octanol–water partition coefficient (Wildman–Crippen LogP) is 1.68. The molecule has 0 saturated carbocycles. The van der Waals surface area contributed by atoms with E-state index in [1.54, 1.807) is 0 Å². The van der Waals surface area contributed by atoms with Crippen molar-refractivity contribution in [3.8, 4) is 0 Å². The van der Waals surface area contributed by atoms with Crippen molar-refractivity contribution in [2.75, 3.05) is 6.54 Å². The molecule has 0 bridgehead atoms. The average molecular weight is 205 g/mol. The fourth-order valence-electron chi connectivity index (χ4n) is 1.84. The lowest BCUT2D eigenvalue weighted by Crippen LogP contribution is -2.30. The van der Waals surface area contributed by atoms with Gasteiger partial charge in [-0.25, -0.2) is 9.69 Å². The quantitative estimate of drug-likeness (QED) is 0.758. The Morgan fingerprint density at radius 1 is 1.33 bits per heavy atom. The Morgan fingerprint density at radius 2 is 2.00 bits per heavy atom. The number of carboxylic acid groups (broad SMARTS) is 1. The van der Waals surface area contributed by atoms with Gasteiger partial charge < -0.3 is 5.11 Å². The minimum absolute atomic E-state index is 0.00907. The number of imide groups is 1. The number of likely N-dealkylation sites (tertiary alicyclic amines) is 1. The molecule has 78 valence electrons. The van der Waals surface area contributed by atoms with Crippen LogP contribution in [0.1, 0.15) is 17.9 Å². The Bertz CT molecular complexity index is 388. The summed E-state index contributed by atoms with van der Waals surface area (Å²) in [6.07, 6.45) is -0.866. The molecule has 4 heteroatoms. The van der Waals surface area contributed by atoms with Crippen molar-refractivity contribution in [1.29, 1.82) is 0 Å². The molecule has 0 aliphatic carbocycles. The van der Waals surface area contributed by atoms with E-state index in [9.17, 15) is 9.59 Å². The molecule has 2 amide bonds. The highest BCUT2D eigenvalue weighted by molar-refractivity contribution is 5.93. The van der Waals surface area contributed by atoms with E-state index in [1.165, 1.54) is 0 Å². The molecule has 1 unspecified atom stereocenters. The van der Waals surface area contributed by atoms with Crippen molar-refractivity contribution in [2.45, 2.75) is 12.3 Å². The van der Waals surface area contributed by atoms with Crippen LogP contribution in [0.15, 0.2) is 30.3 Å². The minimum Gasteiger partial charge on any atom is -0.465 e. The Balaban J connectivity index is 2.16. The first kappa shape index (κ1) is 9.71. The zero-order valence-electron chi connectivity index (χ0n) is 8.09. The van der Waals surface area contributed by atoms with E-state index in [0.717, 1.165) is 10.5 Å². The summed E-state index contributed by atoms with van der Waals surface area (Å²) in [6.45, 7) is 0.276. The fourth-order valence-corrected chi connectivity index (χ4v) is 1.84. The fraction of sp³-hybridized carbons (Fsp3) is 0.273. The lowest BCUT2D eigenvalue weighted by atomic mass is 9.99. The van der Waals surface area contributed by atoms with Gasteiger partial charge in [-0.2, -0.15) is 0 Å². The monoisotopic (exact) mass is 205 g/mol. The van der Waals surface area contributed by atoms with Crippen molar-refractivity contribution in [1.82, 2.24) is 4.90 Å². The maximum atomic E-state index is 11.3. The molecule has 1 saturated heterocycles. The lowest BCUT2D eigenvalue weighted by molar-refractivity contribution is -0.125. The molecule has 1 aromatic carbocycles. The van der Waals surface area contributed by atoms with Gasteiger partial charge in [-0.05, 0) is 5.56 Å². The highest BCUT2D eigenvalue weighted by atomic mass is 16.4. The smallest absolute Gasteiger partial charge is 0.414 e. The van der Waals surface area contributed by atoms with E-state index >= 15 is 0 Å². The molecule has 1 aromatic rings. The van der Waals surface area contributed by atoms with Gasteiger partial charge in [0.05, 0.1) is 0 Å². The number of amides is 2. The Labute approximate surface area is 87.1 Å². The van der Waals surface area contributed by atoms with Crippen molar-refractivity contribution < 1.29 is 14.7 Å². The summed E-state index contributed by atoms with van der Waals surface area (Å²) in [5, 5.41) is 8.75. The lowest BCUT2D eigenvalue weighted by Gasteiger charge is -2.10. The Hall–Kier alpha value is -1.84. The van der Waals surface area contributed by atoms with Crippen LogP contribution in [0.4, 0.5) is 4.79 Å². The summed E-state index contributed by atoms with van der Waals surface area (Å²) in [7, 11) is 0. The third-order valence-corrected chi connectivity index (χ3v) is 2.63. The number of rotatable bonds is 1. The van der Waals surface area contributed by atoms with E-state index in [1.807, 2.05) is 30.3 Å². The van der Waals surface area contributed by atoms with E-state index in [2.05, 4.69) is 0 Å². The summed E-state index contributed by atoms with van der Waals surface area (Å²) in [4.78, 5) is 22.9. The van der Waals surface area contributed by atoms with Gasteiger partial charge in [0, 0.05) is 18.9 Å². The van der Waals surface area contributed by atoms with Gasteiger partial charge in [-0.15, -0.1) is 0 Å². The standard InChI is InChI=1S/C11H11NO3/c13-10-6-9(7-12(10)11(14)15)8-4-2-1-3-5-8/h1-5,9H,6-7H2,(H,14,15). The van der Waals surface area contributed by atoms with Gasteiger partial charge in [-0.1, -0.05) is 30.3 Å². The molecule has 1 aliphatic heterocycles. The van der Waals surface area contributed by atoms with Crippen LogP contribution in [0, 0.1) is 0 Å². The van der Waals surface area contributed by atoms with Gasteiger partial charge in [0.15, 0.2) is 0 Å². The molecule has 1 heterocycles. The first-order chi connectivity index (χ1) is 7.18. The van der Waals surface area contributed by atoms with Crippen LogP contribution < -0.4 is 0 Å². The minimum atomic E-state index is -1.15. The number of hydrogen-bond acceptors (Lipinski definition) is 2. The molecule has 1 N–H and O–H groups in total. The number of benzene rings is 1. The maximum Gasteiger partial charge on any atom is 0.414 e. The van der Waals surface area contributed by atoms with Gasteiger partial charge in [0.2, 0.25) is 5.91 Å². The molecule has 2 rings (SSSR count). The van der Waals surface area contributed by atoms with E-state index < -0.39 is 6.09 Å². The van der Waals surface area contributed by atoms with Crippen LogP contribution in [0.2, 0.25) is 0 Å². The van der Waals surface area contributed by atoms with Crippen LogP contribution in [0.3, 0.4) is 0 Å². The topological polar surface area (TPSA) is 57.6 Å². The van der Waals surface area contributed by atoms with Crippen LogP contribution in [-0.4, -0.2) is 28.6 Å². The normalized spacial score (nSPS) is 20.7. The summed E-state index contributed by atoms with van der Waals surface area (Å²) in [5.74, 6) is -0.300. The number of nitrogens with zero attached hydrogens (tertiary/aromatic N) is 1. The molecular formula is C11H11NO3. The van der Waals surface area contributed by atoms with Crippen molar-refractivity contribution >= 4 is 12.0 Å². The van der Waals surface area contributed by atoms with Crippen LogP contribution in [-0.2, 0) is 4.79 Å². The van der Waals surface area contributed by atoms with E-state index in [-0.39, 0.29) is 24.8 Å². The second kappa shape index (κ2) is 3.73. The average Bonchev–Trinajstić information content (AvgIpc) is 2.62. The maximum absolute atomic E-state index is 11.3. The highest BCUT2D eigenvalue weighted by Crippen LogP contribution is 2.27. The van der Waals surface area contributed by atoms with Crippen molar-refractivity contribution in [3.63, 3.8) is 0 Å². The van der Waals surface area contributed by atoms with E-state index in [0.29, 0.717) is 0 Å². The van der Waals surface area contributed by atoms with Crippen LogP contribution in [0.25, 0.3) is 0 Å². The van der Waals surface area contributed by atoms with Crippen LogP contribution >= 0.6 is 0 Å². The zero-order chi connectivity index (χ0) is 10.8. The first-order valence-electron chi connectivity index (χ1n) is 4.76. The second-order valence-electron chi connectivity index (χ2n) is 3.60. The zero-order valence-corrected chi connectivity index (χ0v) is 8.09. The predicted molar refractivity (Wildman–Crippen MR) is 53.5 cm³/mol. The Morgan fingerprint density at radius 3 is 2.53 bits per heavy atom. The molecule has 0 radical (unpaired) electrons. The number of hydrogen-bond donors (Lipinski definition) is 1. The number of carbonyl (C=O) groups excluding carboxylic acids is 1. The van der Waals surface area contributed by atoms with Crippen molar-refractivity contribution in [2.24, 2.45) is 0 Å². The molecule has 4 nitrogen and oxygen atoms in total. The summed E-state index contributed by atoms with van der Waals surface area (Å²) >= 11 is 0. The van der Waals surface area contributed by atoms with Gasteiger partial charge in [0.25, 0.3) is 0 Å². The summed E-state index contributed by atoms with van der Waals surface area (Å²) < 4.78 is 0. The third kappa shape index (κ3) is 1.83.